The molecule has 0 fully saturated rings. The number of nitrogens with one attached hydrogen (secondary N) is 2. The number of thiophene rings is 1. The van der Waals surface area contributed by atoms with Crippen LogP contribution in [0, 0.1) is 6.92 Å². The summed E-state index contributed by atoms with van der Waals surface area (Å²) in [4.78, 5) is 5.35. The van der Waals surface area contributed by atoms with E-state index in [1.165, 1.54) is 4.88 Å². The molecule has 0 aromatic carbocycles. The molecule has 128 valence electrons. The van der Waals surface area contributed by atoms with E-state index in [-0.39, 0.29) is 24.0 Å². The van der Waals surface area contributed by atoms with Gasteiger partial charge in [-0.25, -0.2) is 0 Å². The summed E-state index contributed by atoms with van der Waals surface area (Å²) in [5.41, 5.74) is -1.10. The second kappa shape index (κ2) is 9.05. The van der Waals surface area contributed by atoms with Gasteiger partial charge in [0.25, 0.3) is 0 Å². The molecular weight excluding hydrogens is 493 g/mol. The second-order valence-corrected chi connectivity index (χ2v) is 7.11. The zero-order valence-electron chi connectivity index (χ0n) is 13.2. The maximum absolute atomic E-state index is 10.5. The van der Waals surface area contributed by atoms with Crippen molar-refractivity contribution in [3.63, 3.8) is 0 Å². The topological polar surface area (TPSA) is 69.8 Å². The highest BCUT2D eigenvalue weighted by atomic mass is 127. The van der Waals surface area contributed by atoms with E-state index in [4.69, 9.17) is 4.42 Å². The van der Waals surface area contributed by atoms with Crippen LogP contribution in [0.4, 0.5) is 0 Å². The molecule has 0 saturated carbocycles. The fraction of sp³-hybridized carbons (Fsp3) is 0.400. The van der Waals surface area contributed by atoms with Gasteiger partial charge in [0.05, 0.1) is 13.1 Å². The Morgan fingerprint density at radius 2 is 2.17 bits per heavy atom. The first-order valence-electron chi connectivity index (χ1n) is 6.87. The van der Waals surface area contributed by atoms with Crippen LogP contribution in [0.25, 0.3) is 0 Å². The molecule has 2 aromatic rings. The van der Waals surface area contributed by atoms with Crippen LogP contribution in [-0.2, 0) is 12.1 Å². The molecule has 0 bridgehead atoms. The molecule has 23 heavy (non-hydrogen) atoms. The first kappa shape index (κ1) is 20.5. The summed E-state index contributed by atoms with van der Waals surface area (Å²) in [6.07, 6.45) is 0. The molecule has 0 aliphatic carbocycles. The molecule has 2 rings (SSSR count). The monoisotopic (exact) mass is 513 g/mol. The third-order valence-electron chi connectivity index (χ3n) is 3.15. The van der Waals surface area contributed by atoms with Crippen LogP contribution in [0.5, 0.6) is 0 Å². The highest BCUT2D eigenvalue weighted by Crippen LogP contribution is 2.22. The van der Waals surface area contributed by atoms with Crippen LogP contribution in [0.1, 0.15) is 23.3 Å². The highest BCUT2D eigenvalue weighted by Gasteiger charge is 2.27. The van der Waals surface area contributed by atoms with Gasteiger partial charge in [0.1, 0.15) is 17.1 Å². The Morgan fingerprint density at radius 1 is 1.43 bits per heavy atom. The van der Waals surface area contributed by atoms with Gasteiger partial charge in [0.15, 0.2) is 5.96 Å². The third-order valence-corrected chi connectivity index (χ3v) is 4.84. The van der Waals surface area contributed by atoms with Gasteiger partial charge in [-0.05, 0) is 48.0 Å². The summed E-state index contributed by atoms with van der Waals surface area (Å²) in [5, 5.41) is 18.9. The van der Waals surface area contributed by atoms with Crippen molar-refractivity contribution in [2.75, 3.05) is 13.6 Å². The molecular formula is C15H21BrIN3O2S. The Labute approximate surface area is 165 Å². The van der Waals surface area contributed by atoms with E-state index in [9.17, 15) is 5.11 Å². The van der Waals surface area contributed by atoms with E-state index in [0.717, 1.165) is 10.2 Å². The van der Waals surface area contributed by atoms with Gasteiger partial charge in [-0.15, -0.1) is 35.3 Å². The molecule has 2 aromatic heterocycles. The summed E-state index contributed by atoms with van der Waals surface area (Å²) in [7, 11) is 1.70. The lowest BCUT2D eigenvalue weighted by molar-refractivity contribution is 0.0378. The van der Waals surface area contributed by atoms with Crippen molar-refractivity contribution in [3.8, 4) is 0 Å². The molecule has 2 heterocycles. The van der Waals surface area contributed by atoms with Crippen molar-refractivity contribution < 1.29 is 9.52 Å². The number of aryl methyl sites for hydroxylation is 1. The summed E-state index contributed by atoms with van der Waals surface area (Å²) >= 11 is 5.10. The fourth-order valence-electron chi connectivity index (χ4n) is 1.90. The lowest BCUT2D eigenvalue weighted by Gasteiger charge is -2.22. The molecule has 0 saturated heterocycles. The Kier molecular flexibility index (Phi) is 8.05. The molecule has 0 amide bonds. The first-order valence-corrected chi connectivity index (χ1v) is 8.55. The fourth-order valence-corrected chi connectivity index (χ4v) is 3.30. The van der Waals surface area contributed by atoms with Crippen molar-refractivity contribution in [1.29, 1.82) is 0 Å². The second-order valence-electron chi connectivity index (χ2n) is 5.19. The molecule has 0 aliphatic rings. The number of guanidine groups is 1. The molecule has 3 N–H and O–H groups in total. The van der Waals surface area contributed by atoms with E-state index in [2.05, 4.69) is 37.6 Å². The Hall–Kier alpha value is -0.580. The number of halogens is 2. The van der Waals surface area contributed by atoms with E-state index in [1.807, 2.05) is 18.4 Å². The van der Waals surface area contributed by atoms with Crippen molar-refractivity contribution in [3.05, 3.63) is 44.4 Å². The van der Waals surface area contributed by atoms with Crippen molar-refractivity contribution in [1.82, 2.24) is 10.6 Å². The van der Waals surface area contributed by atoms with Gasteiger partial charge in [0, 0.05) is 21.8 Å². The van der Waals surface area contributed by atoms with Gasteiger partial charge in [-0.3, -0.25) is 4.99 Å². The lowest BCUT2D eigenvalue weighted by atomic mass is 10.0. The third kappa shape index (κ3) is 6.09. The molecule has 1 unspecified atom stereocenters. The number of hydrogen-bond acceptors (Lipinski definition) is 4. The van der Waals surface area contributed by atoms with E-state index < -0.39 is 5.60 Å². The van der Waals surface area contributed by atoms with Gasteiger partial charge in [-0.1, -0.05) is 0 Å². The molecule has 0 radical (unpaired) electrons. The summed E-state index contributed by atoms with van der Waals surface area (Å²) < 4.78 is 6.57. The summed E-state index contributed by atoms with van der Waals surface area (Å²) in [6.45, 7) is 4.54. The maximum atomic E-state index is 10.5. The van der Waals surface area contributed by atoms with Crippen molar-refractivity contribution >= 4 is 57.2 Å². The van der Waals surface area contributed by atoms with Gasteiger partial charge < -0.3 is 20.2 Å². The lowest BCUT2D eigenvalue weighted by Crippen LogP contribution is -2.44. The first-order chi connectivity index (χ1) is 10.4. The zero-order chi connectivity index (χ0) is 16.2. The van der Waals surface area contributed by atoms with Crippen LogP contribution in [0.3, 0.4) is 0 Å². The minimum absolute atomic E-state index is 0. The quantitative estimate of drug-likeness (QED) is 0.324. The maximum Gasteiger partial charge on any atom is 0.191 e. The number of aliphatic imine (C=N–C) groups is 1. The van der Waals surface area contributed by atoms with Crippen LogP contribution in [0.15, 0.2) is 37.5 Å². The summed E-state index contributed by atoms with van der Waals surface area (Å²) in [5.74, 6) is 1.95. The largest absolute Gasteiger partial charge is 0.463 e. The molecule has 5 nitrogen and oxygen atoms in total. The molecule has 0 spiro atoms. The number of hydrogen-bond donors (Lipinski definition) is 3. The van der Waals surface area contributed by atoms with Crippen LogP contribution in [-0.4, -0.2) is 24.7 Å². The predicted octanol–water partition coefficient (Wildman–Crippen LogP) is 3.60. The average Bonchev–Trinajstić information content (AvgIpc) is 3.08. The highest BCUT2D eigenvalue weighted by molar-refractivity contribution is 14.0. The standard InChI is InChI=1S/C15H20BrN3O2S.HI/c1-10-4-5-13(21-10)15(2,20)9-19-14(17-3)18-7-12-6-11(16)8-22-12;/h4-6,8,20H,7,9H2,1-3H3,(H2,17,18,19);1H. The molecule has 8 heteroatoms. The molecule has 0 aliphatic heterocycles. The average molecular weight is 514 g/mol. The molecule has 1 atom stereocenters. The Bertz CT molecular complexity index is 655. The van der Waals surface area contributed by atoms with Crippen LogP contribution < -0.4 is 10.6 Å². The van der Waals surface area contributed by atoms with Crippen molar-refractivity contribution in [2.24, 2.45) is 4.99 Å². The van der Waals surface area contributed by atoms with Gasteiger partial charge in [0.2, 0.25) is 0 Å². The normalized spacial score (nSPS) is 14.0. The van der Waals surface area contributed by atoms with E-state index in [0.29, 0.717) is 24.8 Å². The van der Waals surface area contributed by atoms with Gasteiger partial charge in [-0.2, -0.15) is 0 Å². The smallest absolute Gasteiger partial charge is 0.191 e. The predicted molar refractivity (Wildman–Crippen MR) is 109 cm³/mol. The minimum Gasteiger partial charge on any atom is -0.463 e. The number of furan rings is 1. The summed E-state index contributed by atoms with van der Waals surface area (Å²) in [6, 6.07) is 5.69. The van der Waals surface area contributed by atoms with Crippen LogP contribution >= 0.6 is 51.2 Å². The number of rotatable bonds is 5. The van der Waals surface area contributed by atoms with Crippen LogP contribution in [0.2, 0.25) is 0 Å². The van der Waals surface area contributed by atoms with Crippen molar-refractivity contribution in [2.45, 2.75) is 26.0 Å². The number of nitrogens with zero attached hydrogens (tertiary/aromatic N) is 1. The van der Waals surface area contributed by atoms with E-state index in [1.54, 1.807) is 31.4 Å². The Morgan fingerprint density at radius 3 is 2.70 bits per heavy atom. The Balaban J connectivity index is 0.00000264. The number of aliphatic hydroxyl groups is 1. The zero-order valence-corrected chi connectivity index (χ0v) is 18.0. The minimum atomic E-state index is -1.10. The van der Waals surface area contributed by atoms with Gasteiger partial charge >= 0.3 is 0 Å². The van der Waals surface area contributed by atoms with E-state index >= 15 is 0 Å². The SMILES string of the molecule is CN=C(NCc1cc(Br)cs1)NCC(C)(O)c1ccc(C)o1.I.